The molecule has 70 valence electrons. The Labute approximate surface area is 76.8 Å². The predicted octanol–water partition coefficient (Wildman–Crippen LogP) is 2.30. The van der Waals surface area contributed by atoms with Crippen LogP contribution in [0.2, 0.25) is 0 Å². The van der Waals surface area contributed by atoms with Crippen LogP contribution in [0.1, 0.15) is 31.9 Å². The van der Waals surface area contributed by atoms with Crippen LogP contribution in [0.3, 0.4) is 0 Å². The second-order valence-corrected chi connectivity index (χ2v) is 2.94. The molecule has 1 atom stereocenters. The highest BCUT2D eigenvalue weighted by atomic mass is 19.1. The van der Waals surface area contributed by atoms with E-state index in [4.69, 9.17) is 0 Å². The van der Waals surface area contributed by atoms with Crippen molar-refractivity contribution in [3.63, 3.8) is 0 Å². The van der Waals surface area contributed by atoms with Gasteiger partial charge in [-0.05, 0) is 19.1 Å². The summed E-state index contributed by atoms with van der Waals surface area (Å²) in [7, 11) is 0. The summed E-state index contributed by atoms with van der Waals surface area (Å²) in [5.41, 5.74) is 0.633. The van der Waals surface area contributed by atoms with Crippen molar-refractivity contribution < 1.29 is 9.18 Å². The molecule has 0 saturated carbocycles. The van der Waals surface area contributed by atoms with Gasteiger partial charge in [0.1, 0.15) is 11.6 Å². The zero-order valence-electron chi connectivity index (χ0n) is 7.75. The Balaban J connectivity index is 2.83. The molecule has 0 spiro atoms. The lowest BCUT2D eigenvalue weighted by atomic mass is 10.0. The van der Waals surface area contributed by atoms with E-state index >= 15 is 0 Å². The number of carbonyl (C=O) groups is 1. The van der Waals surface area contributed by atoms with Crippen molar-refractivity contribution in [1.29, 1.82) is 0 Å². The smallest absolute Gasteiger partial charge is 0.141 e. The van der Waals surface area contributed by atoms with Gasteiger partial charge in [0.25, 0.3) is 0 Å². The summed E-state index contributed by atoms with van der Waals surface area (Å²) in [6.45, 7) is 3.59. The first kappa shape index (κ1) is 9.84. The SMILES string of the molecule is CCC(=O)C(C)c1ccc(F)cn1. The Morgan fingerprint density at radius 2 is 2.31 bits per heavy atom. The van der Waals surface area contributed by atoms with E-state index in [1.807, 2.05) is 6.92 Å². The van der Waals surface area contributed by atoms with Crippen LogP contribution in [0, 0.1) is 5.82 Å². The van der Waals surface area contributed by atoms with Crippen LogP contribution in [0.25, 0.3) is 0 Å². The number of halogens is 1. The van der Waals surface area contributed by atoms with E-state index in [-0.39, 0.29) is 17.5 Å². The molecule has 0 radical (unpaired) electrons. The number of nitrogens with zero attached hydrogens (tertiary/aromatic N) is 1. The van der Waals surface area contributed by atoms with E-state index in [1.54, 1.807) is 13.0 Å². The molecule has 1 aromatic heterocycles. The molecule has 1 unspecified atom stereocenters. The van der Waals surface area contributed by atoms with Gasteiger partial charge in [0.15, 0.2) is 0 Å². The maximum atomic E-state index is 12.5. The van der Waals surface area contributed by atoms with Gasteiger partial charge < -0.3 is 0 Å². The lowest BCUT2D eigenvalue weighted by Crippen LogP contribution is -2.09. The molecule has 0 fully saturated rings. The summed E-state index contributed by atoms with van der Waals surface area (Å²) in [6.07, 6.45) is 1.62. The molecule has 2 nitrogen and oxygen atoms in total. The minimum Gasteiger partial charge on any atom is -0.299 e. The number of carbonyl (C=O) groups excluding carboxylic acids is 1. The first-order valence-electron chi connectivity index (χ1n) is 4.29. The maximum Gasteiger partial charge on any atom is 0.141 e. The van der Waals surface area contributed by atoms with Gasteiger partial charge >= 0.3 is 0 Å². The van der Waals surface area contributed by atoms with Crippen molar-refractivity contribution in [2.75, 3.05) is 0 Å². The van der Waals surface area contributed by atoms with Crippen molar-refractivity contribution in [2.24, 2.45) is 0 Å². The number of pyridine rings is 1. The third kappa shape index (κ3) is 2.34. The molecular formula is C10H12FNO. The second kappa shape index (κ2) is 4.12. The summed E-state index contributed by atoms with van der Waals surface area (Å²) >= 11 is 0. The molecule has 13 heavy (non-hydrogen) atoms. The highest BCUT2D eigenvalue weighted by Crippen LogP contribution is 2.14. The van der Waals surface area contributed by atoms with Gasteiger partial charge in [-0.3, -0.25) is 9.78 Å². The zero-order chi connectivity index (χ0) is 9.84. The molecule has 1 rings (SSSR count). The fourth-order valence-electron chi connectivity index (χ4n) is 1.11. The van der Waals surface area contributed by atoms with Gasteiger partial charge in [0.2, 0.25) is 0 Å². The van der Waals surface area contributed by atoms with E-state index in [9.17, 15) is 9.18 Å². The molecule has 1 heterocycles. The lowest BCUT2D eigenvalue weighted by molar-refractivity contribution is -0.119. The van der Waals surface area contributed by atoms with Crippen LogP contribution >= 0.6 is 0 Å². The van der Waals surface area contributed by atoms with Crippen molar-refractivity contribution in [3.8, 4) is 0 Å². The fraction of sp³-hybridized carbons (Fsp3) is 0.400. The Hall–Kier alpha value is -1.25. The second-order valence-electron chi connectivity index (χ2n) is 2.94. The molecule has 0 N–H and O–H groups in total. The largest absolute Gasteiger partial charge is 0.299 e. The summed E-state index contributed by atoms with van der Waals surface area (Å²) in [4.78, 5) is 15.1. The minimum absolute atomic E-state index is 0.124. The topological polar surface area (TPSA) is 30.0 Å². The Morgan fingerprint density at radius 3 is 2.77 bits per heavy atom. The summed E-state index contributed by atoms with van der Waals surface area (Å²) < 4.78 is 12.5. The van der Waals surface area contributed by atoms with Gasteiger partial charge in [0.05, 0.1) is 17.8 Å². The third-order valence-corrected chi connectivity index (χ3v) is 2.03. The number of hydrogen-bond acceptors (Lipinski definition) is 2. The van der Waals surface area contributed by atoms with E-state index in [0.29, 0.717) is 12.1 Å². The number of aromatic nitrogens is 1. The first-order chi connectivity index (χ1) is 6.15. The molecule has 3 heteroatoms. The van der Waals surface area contributed by atoms with Gasteiger partial charge in [0, 0.05) is 6.42 Å². The van der Waals surface area contributed by atoms with Gasteiger partial charge in [-0.15, -0.1) is 0 Å². The predicted molar refractivity (Wildman–Crippen MR) is 47.9 cm³/mol. The monoisotopic (exact) mass is 181 g/mol. The Bertz CT molecular complexity index is 294. The number of rotatable bonds is 3. The van der Waals surface area contributed by atoms with Crippen LogP contribution in [-0.2, 0) is 4.79 Å². The van der Waals surface area contributed by atoms with Crippen LogP contribution in [0.15, 0.2) is 18.3 Å². The standard InChI is InChI=1S/C10H12FNO/c1-3-10(13)7(2)9-5-4-8(11)6-12-9/h4-7H,3H2,1-2H3. The average molecular weight is 181 g/mol. The van der Waals surface area contributed by atoms with Crippen LogP contribution in [-0.4, -0.2) is 10.8 Å². The Morgan fingerprint density at radius 1 is 1.62 bits per heavy atom. The van der Waals surface area contributed by atoms with E-state index < -0.39 is 0 Å². The number of ketones is 1. The van der Waals surface area contributed by atoms with Gasteiger partial charge in [-0.1, -0.05) is 6.92 Å². The molecule has 0 bridgehead atoms. The molecule has 0 aliphatic rings. The van der Waals surface area contributed by atoms with Crippen LogP contribution in [0.4, 0.5) is 4.39 Å². The Kier molecular flexibility index (Phi) is 3.12. The van der Waals surface area contributed by atoms with Gasteiger partial charge in [-0.2, -0.15) is 0 Å². The molecule has 0 saturated heterocycles. The normalized spacial score (nSPS) is 12.5. The van der Waals surface area contributed by atoms with Crippen LogP contribution < -0.4 is 0 Å². The van der Waals surface area contributed by atoms with Crippen LogP contribution in [0.5, 0.6) is 0 Å². The lowest BCUT2D eigenvalue weighted by Gasteiger charge is -2.07. The molecular weight excluding hydrogens is 169 g/mol. The third-order valence-electron chi connectivity index (χ3n) is 2.03. The first-order valence-corrected chi connectivity index (χ1v) is 4.29. The molecule has 0 aliphatic heterocycles. The van der Waals surface area contributed by atoms with Crippen molar-refractivity contribution in [2.45, 2.75) is 26.2 Å². The van der Waals surface area contributed by atoms with Crippen molar-refractivity contribution in [3.05, 3.63) is 29.8 Å². The highest BCUT2D eigenvalue weighted by molar-refractivity contribution is 5.84. The fourth-order valence-corrected chi connectivity index (χ4v) is 1.11. The summed E-state index contributed by atoms with van der Waals surface area (Å²) in [5.74, 6) is -0.482. The quantitative estimate of drug-likeness (QED) is 0.716. The summed E-state index contributed by atoms with van der Waals surface area (Å²) in [6, 6.07) is 2.87. The minimum atomic E-state index is -0.375. The van der Waals surface area contributed by atoms with E-state index in [0.717, 1.165) is 6.20 Å². The molecule has 0 amide bonds. The average Bonchev–Trinajstić information content (AvgIpc) is 2.17. The zero-order valence-corrected chi connectivity index (χ0v) is 7.75. The summed E-state index contributed by atoms with van der Waals surface area (Å²) in [5, 5.41) is 0. The highest BCUT2D eigenvalue weighted by Gasteiger charge is 2.13. The van der Waals surface area contributed by atoms with Crippen molar-refractivity contribution in [1.82, 2.24) is 4.98 Å². The molecule has 1 aromatic rings. The molecule has 0 aromatic carbocycles. The van der Waals surface area contributed by atoms with E-state index in [1.165, 1.54) is 6.07 Å². The number of hydrogen-bond donors (Lipinski definition) is 0. The van der Waals surface area contributed by atoms with Crippen molar-refractivity contribution >= 4 is 5.78 Å². The molecule has 0 aliphatic carbocycles. The van der Waals surface area contributed by atoms with Gasteiger partial charge in [-0.25, -0.2) is 4.39 Å². The van der Waals surface area contributed by atoms with E-state index in [2.05, 4.69) is 4.98 Å². The maximum absolute atomic E-state index is 12.5. The number of Topliss-reactive ketones (excluding diaryl/α,β-unsaturated/α-hetero) is 1.